The van der Waals surface area contributed by atoms with Gasteiger partial charge in [-0.1, -0.05) is 50.2 Å². The van der Waals surface area contributed by atoms with E-state index in [2.05, 4.69) is 48.1 Å². The maximum atomic E-state index is 10.0. The van der Waals surface area contributed by atoms with Gasteiger partial charge in [0.05, 0.1) is 17.1 Å². The molecule has 0 bridgehead atoms. The summed E-state index contributed by atoms with van der Waals surface area (Å²) < 4.78 is 0. The van der Waals surface area contributed by atoms with Gasteiger partial charge in [-0.05, 0) is 55.0 Å². The molecule has 3 heterocycles. The van der Waals surface area contributed by atoms with Crippen molar-refractivity contribution in [3.8, 4) is 11.4 Å². The van der Waals surface area contributed by atoms with E-state index in [1.807, 2.05) is 48.7 Å². The molecule has 1 radical (unpaired) electrons. The second-order valence-corrected chi connectivity index (χ2v) is 8.93. The van der Waals surface area contributed by atoms with Crippen LogP contribution < -0.4 is 0 Å². The Balaban J connectivity index is 0.000000503. The summed E-state index contributed by atoms with van der Waals surface area (Å²) in [4.78, 5) is 23.9. The van der Waals surface area contributed by atoms with Gasteiger partial charge in [0.15, 0.2) is 5.78 Å². The summed E-state index contributed by atoms with van der Waals surface area (Å²) in [7, 11) is 0. The van der Waals surface area contributed by atoms with Crippen LogP contribution in [-0.2, 0) is 36.9 Å². The number of carbonyl (C=O) groups is 1. The molecule has 0 aliphatic rings. The molecule has 0 saturated heterocycles. The topological polar surface area (TPSA) is 90.1 Å². The molecule has 7 heteroatoms. The molecule has 4 rings (SSSR count). The molecule has 0 atom stereocenters. The van der Waals surface area contributed by atoms with E-state index in [4.69, 9.17) is 15.4 Å². The zero-order valence-corrected chi connectivity index (χ0v) is 23.4. The van der Waals surface area contributed by atoms with Crippen molar-refractivity contribution in [2.75, 3.05) is 6.54 Å². The van der Waals surface area contributed by atoms with Crippen LogP contribution in [0.2, 0.25) is 0 Å². The van der Waals surface area contributed by atoms with Crippen molar-refractivity contribution >= 4 is 16.6 Å². The van der Waals surface area contributed by atoms with Gasteiger partial charge in [-0.3, -0.25) is 19.7 Å². The van der Waals surface area contributed by atoms with Gasteiger partial charge in [0, 0.05) is 55.3 Å². The van der Waals surface area contributed by atoms with Crippen LogP contribution in [0.5, 0.6) is 0 Å². The zero-order chi connectivity index (χ0) is 25.3. The average Bonchev–Trinajstić information content (AvgIpc) is 2.84. The fourth-order valence-corrected chi connectivity index (χ4v) is 3.58. The van der Waals surface area contributed by atoms with Crippen LogP contribution in [0.3, 0.4) is 0 Å². The monoisotopic (exact) mass is 660 g/mol. The summed E-state index contributed by atoms with van der Waals surface area (Å²) in [5.41, 5.74) is 3.65. The maximum absolute atomic E-state index is 10.0. The number of benzene rings is 1. The second-order valence-electron chi connectivity index (χ2n) is 8.93. The SMILES string of the molecule is CC(=O)/C=C(/C)O.CC(C)(C[N-]Cc1ccccn1)c1cccc(-c2nccc3ccccc23)n1.[Ir]. The molecule has 0 spiro atoms. The largest absolute Gasteiger partial charge is 0.656 e. The molecule has 1 aromatic carbocycles. The number of rotatable bonds is 7. The Hall–Kier alpha value is -3.25. The Morgan fingerprint density at radius 2 is 1.69 bits per heavy atom. The first-order valence-electron chi connectivity index (χ1n) is 11.5. The third-order valence-corrected chi connectivity index (χ3v) is 5.28. The Morgan fingerprint density at radius 3 is 2.36 bits per heavy atom. The Morgan fingerprint density at radius 1 is 0.944 bits per heavy atom. The molecule has 0 aliphatic heterocycles. The third-order valence-electron chi connectivity index (χ3n) is 5.28. The minimum absolute atomic E-state index is 0. The first kappa shape index (κ1) is 29.0. The standard InChI is InChI=1S/C24H23N4.C5H8O2.Ir/c1-24(2,17-25-16-19-9-5-6-14-26-19)22-12-7-11-21(28-22)23-20-10-4-3-8-18(20)13-15-27-23;1-4(6)3-5(2)7;/h3-15H,16-17H2,1-2H3;3,6H,1-2H3;/q-1;;/b;4-3-;. The number of hydrogen-bond donors (Lipinski definition) is 1. The number of pyridine rings is 3. The average molecular weight is 660 g/mol. The summed E-state index contributed by atoms with van der Waals surface area (Å²) >= 11 is 0. The molecule has 4 aromatic rings. The Kier molecular flexibility index (Phi) is 11.1. The predicted molar refractivity (Wildman–Crippen MR) is 141 cm³/mol. The number of aromatic nitrogens is 3. The molecule has 0 unspecified atom stereocenters. The molecule has 6 nitrogen and oxygen atoms in total. The van der Waals surface area contributed by atoms with Crippen molar-refractivity contribution in [3.63, 3.8) is 0 Å². The number of nitrogens with zero attached hydrogens (tertiary/aromatic N) is 4. The molecule has 3 aromatic heterocycles. The molecule has 0 aliphatic carbocycles. The van der Waals surface area contributed by atoms with E-state index in [0.29, 0.717) is 13.1 Å². The van der Waals surface area contributed by atoms with E-state index in [1.165, 1.54) is 25.3 Å². The van der Waals surface area contributed by atoms with E-state index in [0.717, 1.165) is 28.2 Å². The van der Waals surface area contributed by atoms with E-state index >= 15 is 0 Å². The first-order valence-corrected chi connectivity index (χ1v) is 11.5. The minimum Gasteiger partial charge on any atom is -0.656 e. The third kappa shape index (κ3) is 8.45. The fourth-order valence-electron chi connectivity index (χ4n) is 3.58. The molecule has 0 saturated carbocycles. The van der Waals surface area contributed by atoms with Gasteiger partial charge in [-0.15, -0.1) is 13.1 Å². The van der Waals surface area contributed by atoms with Crippen molar-refractivity contribution < 1.29 is 30.0 Å². The van der Waals surface area contributed by atoms with E-state index in [1.54, 1.807) is 6.20 Å². The smallest absolute Gasteiger partial charge is 0.155 e. The zero-order valence-electron chi connectivity index (χ0n) is 21.0. The van der Waals surface area contributed by atoms with Crippen LogP contribution in [0.25, 0.3) is 27.5 Å². The summed E-state index contributed by atoms with van der Waals surface area (Å²) in [5, 5.41) is 15.4. The molecule has 189 valence electrons. The maximum Gasteiger partial charge on any atom is 0.155 e. The number of fused-ring (bicyclic) bond motifs is 1. The van der Waals surface area contributed by atoms with E-state index in [9.17, 15) is 4.79 Å². The van der Waals surface area contributed by atoms with Crippen molar-refractivity contribution in [2.24, 2.45) is 0 Å². The van der Waals surface area contributed by atoms with Gasteiger partial charge in [0.1, 0.15) is 0 Å². The van der Waals surface area contributed by atoms with E-state index < -0.39 is 0 Å². The van der Waals surface area contributed by atoms with Gasteiger partial charge in [-0.2, -0.15) is 0 Å². The number of carbonyl (C=O) groups excluding carboxylic acids is 1. The summed E-state index contributed by atoms with van der Waals surface area (Å²) in [6, 6.07) is 22.4. The van der Waals surface area contributed by atoms with Crippen LogP contribution in [-0.4, -0.2) is 32.4 Å². The molecule has 36 heavy (non-hydrogen) atoms. The molecule has 0 fully saturated rings. The van der Waals surface area contributed by atoms with Gasteiger partial charge in [0.2, 0.25) is 0 Å². The number of allylic oxidation sites excluding steroid dienone is 2. The molecular weight excluding hydrogens is 629 g/mol. The predicted octanol–water partition coefficient (Wildman–Crippen LogP) is 6.58. The fraction of sp³-hybridized carbons (Fsp3) is 0.241. The number of aliphatic hydroxyl groups is 1. The van der Waals surface area contributed by atoms with E-state index in [-0.39, 0.29) is 37.1 Å². The van der Waals surface area contributed by atoms with Crippen LogP contribution in [0.4, 0.5) is 0 Å². The van der Waals surface area contributed by atoms with Crippen molar-refractivity contribution in [1.82, 2.24) is 15.0 Å². The number of aliphatic hydroxyl groups excluding tert-OH is 1. The van der Waals surface area contributed by atoms with Gasteiger partial charge < -0.3 is 10.4 Å². The Bertz CT molecular complexity index is 1300. The van der Waals surface area contributed by atoms with Crippen LogP contribution in [0, 0.1) is 0 Å². The van der Waals surface area contributed by atoms with Gasteiger partial charge in [0.25, 0.3) is 0 Å². The normalized spacial score (nSPS) is 11.3. The number of ketones is 1. The quantitative estimate of drug-likeness (QED) is 0.179. The van der Waals surface area contributed by atoms with Crippen LogP contribution in [0.1, 0.15) is 39.1 Å². The van der Waals surface area contributed by atoms with Crippen molar-refractivity contribution in [1.29, 1.82) is 0 Å². The summed E-state index contributed by atoms with van der Waals surface area (Å²) in [5.74, 6) is -0.0625. The molecule has 1 N–H and O–H groups in total. The van der Waals surface area contributed by atoms with Crippen molar-refractivity contribution in [2.45, 2.75) is 39.7 Å². The molecule has 0 amide bonds. The number of hydrogen-bond acceptors (Lipinski definition) is 5. The minimum atomic E-state index is -0.171. The first-order chi connectivity index (χ1) is 16.8. The second kappa shape index (κ2) is 13.7. The van der Waals surface area contributed by atoms with Gasteiger partial charge in [-0.25, -0.2) is 0 Å². The Labute approximate surface area is 226 Å². The van der Waals surface area contributed by atoms with Crippen molar-refractivity contribution in [3.05, 3.63) is 108 Å². The molecular formula is C29H31IrN4O2-. The summed E-state index contributed by atoms with van der Waals surface area (Å²) in [6.45, 7) is 8.51. The van der Waals surface area contributed by atoms with Crippen LogP contribution in [0.15, 0.2) is 91.0 Å². The van der Waals surface area contributed by atoms with Gasteiger partial charge >= 0.3 is 0 Å². The van der Waals surface area contributed by atoms with Crippen LogP contribution >= 0.6 is 0 Å². The summed E-state index contributed by atoms with van der Waals surface area (Å²) in [6.07, 6.45) is 4.82.